The smallest absolute Gasteiger partial charge is 0.323 e. The molecule has 0 spiro atoms. The Morgan fingerprint density at radius 1 is 0.892 bits per heavy atom. The van der Waals surface area contributed by atoms with E-state index in [2.05, 4.69) is 41.7 Å². The number of thiazole rings is 1. The van der Waals surface area contributed by atoms with Crippen LogP contribution in [0.1, 0.15) is 22.4 Å². The fraction of sp³-hybridized carbons (Fsp3) is 0.0714. The van der Waals surface area contributed by atoms with Gasteiger partial charge in [-0.1, -0.05) is 91.0 Å². The van der Waals surface area contributed by atoms with Crippen molar-refractivity contribution >= 4 is 51.4 Å². The first kappa shape index (κ1) is 24.5. The molecule has 1 aromatic heterocycles. The third kappa shape index (κ3) is 4.91. The van der Waals surface area contributed by atoms with Crippen molar-refractivity contribution in [3.05, 3.63) is 124 Å². The molecule has 37 heavy (non-hydrogen) atoms. The van der Waals surface area contributed by atoms with Crippen molar-refractivity contribution in [1.82, 2.24) is 9.88 Å². The van der Waals surface area contributed by atoms with Gasteiger partial charge in [0.1, 0.15) is 12.1 Å². The van der Waals surface area contributed by atoms with Crippen LogP contribution in [0.4, 0.5) is 9.93 Å². The molecule has 2 N–H and O–H groups in total. The molecule has 4 aromatic rings. The van der Waals surface area contributed by atoms with Crippen molar-refractivity contribution in [2.24, 2.45) is 0 Å². The van der Waals surface area contributed by atoms with Gasteiger partial charge in [0.25, 0.3) is 11.1 Å². The summed E-state index contributed by atoms with van der Waals surface area (Å²) in [6.45, 7) is -0.667. The third-order valence-corrected chi connectivity index (χ3v) is 7.57. The van der Waals surface area contributed by atoms with Crippen LogP contribution in [0.3, 0.4) is 0 Å². The summed E-state index contributed by atoms with van der Waals surface area (Å²) < 4.78 is 0. The van der Waals surface area contributed by atoms with Gasteiger partial charge in [-0.05, 0) is 34.5 Å². The van der Waals surface area contributed by atoms with E-state index >= 15 is 0 Å². The first-order valence-electron chi connectivity index (χ1n) is 11.3. The highest BCUT2D eigenvalue weighted by Crippen LogP contribution is 2.41. The number of aliphatic carboxylic acids is 1. The van der Waals surface area contributed by atoms with E-state index in [0.29, 0.717) is 22.6 Å². The second-order valence-electron chi connectivity index (χ2n) is 8.21. The van der Waals surface area contributed by atoms with E-state index < -0.39 is 29.2 Å². The highest BCUT2D eigenvalue weighted by atomic mass is 32.2. The van der Waals surface area contributed by atoms with E-state index in [1.54, 1.807) is 5.38 Å². The van der Waals surface area contributed by atoms with Gasteiger partial charge in [-0.2, -0.15) is 0 Å². The Balaban J connectivity index is 1.55. The topological polar surface area (TPSA) is 99.6 Å². The van der Waals surface area contributed by atoms with Gasteiger partial charge in [0.15, 0.2) is 5.13 Å². The van der Waals surface area contributed by atoms with E-state index in [4.69, 9.17) is 10.1 Å². The molecule has 0 saturated carbocycles. The molecule has 2 amide bonds. The Hall–Kier alpha value is -4.21. The Morgan fingerprint density at radius 2 is 1.41 bits per heavy atom. The normalized spacial score (nSPS) is 14.8. The third-order valence-electron chi connectivity index (χ3n) is 5.88. The van der Waals surface area contributed by atoms with Crippen LogP contribution >= 0.6 is 23.1 Å². The molecule has 5 rings (SSSR count). The lowest BCUT2D eigenvalue weighted by Gasteiger charge is -2.36. The largest absolute Gasteiger partial charge is 0.480 e. The molecule has 0 unspecified atom stereocenters. The molecule has 0 aliphatic carbocycles. The minimum atomic E-state index is -1.25. The minimum Gasteiger partial charge on any atom is -0.480 e. The number of imide groups is 1. The number of nitrogens with one attached hydrogen (secondary N) is 1. The summed E-state index contributed by atoms with van der Waals surface area (Å²) in [6.07, 6.45) is 1.52. The molecule has 2 heterocycles. The highest BCUT2D eigenvalue weighted by molar-refractivity contribution is 8.18. The number of thioether (sulfide) groups is 1. The van der Waals surface area contributed by atoms with Crippen molar-refractivity contribution in [2.45, 2.75) is 5.54 Å². The molecular formula is C28H21N3O4S2. The number of carboxylic acids is 1. The molecule has 0 bridgehead atoms. The first-order chi connectivity index (χ1) is 18.0. The number of hydrogen-bond acceptors (Lipinski definition) is 7. The van der Waals surface area contributed by atoms with E-state index in [1.807, 2.05) is 54.6 Å². The molecule has 1 aliphatic rings. The van der Waals surface area contributed by atoms with E-state index in [-0.39, 0.29) is 4.91 Å². The van der Waals surface area contributed by atoms with Crippen molar-refractivity contribution in [2.75, 3.05) is 11.9 Å². The number of carboxylic acid groups (broad SMARTS) is 1. The van der Waals surface area contributed by atoms with Crippen LogP contribution in [0.5, 0.6) is 0 Å². The highest BCUT2D eigenvalue weighted by Gasteiger charge is 2.38. The number of benzene rings is 3. The lowest BCUT2D eigenvalue weighted by molar-refractivity contribution is -0.140. The van der Waals surface area contributed by atoms with Gasteiger partial charge >= 0.3 is 5.97 Å². The van der Waals surface area contributed by atoms with Gasteiger partial charge in [-0.25, -0.2) is 4.98 Å². The average Bonchev–Trinajstić information content (AvgIpc) is 3.47. The number of carbonyl (C=O) groups excluding carboxylic acids is 2. The van der Waals surface area contributed by atoms with Crippen LogP contribution in [0.2, 0.25) is 0 Å². The predicted octanol–water partition coefficient (Wildman–Crippen LogP) is 5.67. The maximum Gasteiger partial charge on any atom is 0.323 e. The van der Waals surface area contributed by atoms with Gasteiger partial charge in [0.2, 0.25) is 0 Å². The molecule has 184 valence electrons. The molecule has 0 atom stereocenters. The number of nitrogens with zero attached hydrogens (tertiary/aromatic N) is 2. The second kappa shape index (κ2) is 10.4. The quantitative estimate of drug-likeness (QED) is 0.225. The van der Waals surface area contributed by atoms with Crippen molar-refractivity contribution in [3.63, 3.8) is 0 Å². The van der Waals surface area contributed by atoms with Crippen LogP contribution < -0.4 is 5.32 Å². The zero-order valence-corrected chi connectivity index (χ0v) is 21.0. The standard InChI is InChI=1S/C28H21N3O4S2/c32-24(33)17-31-25(34)23(37-27(31)35)16-22-18-36-26(29-22)30-28(19-10-4-1-5-11-19,20-12-6-2-7-13-20)21-14-8-3-9-15-21/h1-16,18H,17H2,(H,29,30)(H,32,33). The van der Waals surface area contributed by atoms with Crippen LogP contribution in [0, 0.1) is 0 Å². The molecule has 7 nitrogen and oxygen atoms in total. The Morgan fingerprint density at radius 3 is 1.89 bits per heavy atom. The molecule has 1 saturated heterocycles. The van der Waals surface area contributed by atoms with Gasteiger partial charge in [0.05, 0.1) is 10.6 Å². The number of amides is 2. The molecule has 9 heteroatoms. The van der Waals surface area contributed by atoms with E-state index in [0.717, 1.165) is 21.6 Å². The van der Waals surface area contributed by atoms with Crippen LogP contribution in [0.15, 0.2) is 101 Å². The zero-order valence-electron chi connectivity index (χ0n) is 19.4. The Labute approximate surface area is 221 Å². The molecule has 3 aromatic carbocycles. The number of anilines is 1. The maximum absolute atomic E-state index is 12.6. The summed E-state index contributed by atoms with van der Waals surface area (Å²) in [6, 6.07) is 30.3. The second-order valence-corrected chi connectivity index (χ2v) is 10.1. The van der Waals surface area contributed by atoms with Crippen LogP contribution in [-0.4, -0.2) is 38.7 Å². The van der Waals surface area contributed by atoms with Gasteiger partial charge in [-0.3, -0.25) is 19.3 Å². The van der Waals surface area contributed by atoms with E-state index in [1.165, 1.54) is 17.4 Å². The van der Waals surface area contributed by atoms with Crippen molar-refractivity contribution < 1.29 is 19.5 Å². The van der Waals surface area contributed by atoms with Gasteiger partial charge in [0, 0.05) is 5.38 Å². The predicted molar refractivity (Wildman–Crippen MR) is 145 cm³/mol. The Bertz CT molecular complexity index is 1370. The molecule has 1 aliphatic heterocycles. The fourth-order valence-electron chi connectivity index (χ4n) is 4.26. The van der Waals surface area contributed by atoms with Crippen LogP contribution in [-0.2, 0) is 15.1 Å². The van der Waals surface area contributed by atoms with Crippen molar-refractivity contribution in [3.8, 4) is 0 Å². The molecular weight excluding hydrogens is 506 g/mol. The summed E-state index contributed by atoms with van der Waals surface area (Å²) in [5.41, 5.74) is 2.83. The first-order valence-corrected chi connectivity index (χ1v) is 13.0. The summed E-state index contributed by atoms with van der Waals surface area (Å²) in [4.78, 5) is 41.2. The monoisotopic (exact) mass is 527 g/mol. The lowest BCUT2D eigenvalue weighted by Crippen LogP contribution is -2.38. The number of aromatic nitrogens is 1. The summed E-state index contributed by atoms with van der Waals surface area (Å²) in [5, 5.41) is 14.5. The summed E-state index contributed by atoms with van der Waals surface area (Å²) >= 11 is 2.09. The lowest BCUT2D eigenvalue weighted by atomic mass is 9.77. The fourth-order valence-corrected chi connectivity index (χ4v) is 5.80. The van der Waals surface area contributed by atoms with Crippen molar-refractivity contribution in [1.29, 1.82) is 0 Å². The van der Waals surface area contributed by atoms with E-state index in [9.17, 15) is 14.4 Å². The summed E-state index contributed by atoms with van der Waals surface area (Å²) in [7, 11) is 0. The molecule has 0 radical (unpaired) electrons. The Kier molecular flexibility index (Phi) is 6.89. The van der Waals surface area contributed by atoms with Gasteiger partial charge < -0.3 is 10.4 Å². The number of carbonyl (C=O) groups is 3. The minimum absolute atomic E-state index is 0.142. The number of hydrogen-bond donors (Lipinski definition) is 2. The SMILES string of the molecule is O=C(O)CN1C(=O)SC(=Cc2csc(NC(c3ccccc3)(c3ccccc3)c3ccccc3)n2)C1=O. The maximum atomic E-state index is 12.6. The average molecular weight is 528 g/mol. The van der Waals surface area contributed by atoms with Gasteiger partial charge in [-0.15, -0.1) is 11.3 Å². The van der Waals surface area contributed by atoms with Crippen LogP contribution in [0.25, 0.3) is 6.08 Å². The zero-order chi connectivity index (χ0) is 25.8. The number of rotatable bonds is 8. The molecule has 1 fully saturated rings. The summed E-state index contributed by atoms with van der Waals surface area (Å²) in [5.74, 6) is -1.88.